The molecule has 0 atom stereocenters. The average molecular weight is 295 g/mol. The maximum atomic E-state index is 4.68. The largest absolute Gasteiger partial charge is 0.280 e. The highest BCUT2D eigenvalue weighted by Gasteiger charge is 2.16. The highest BCUT2D eigenvalue weighted by atomic mass is 32.1. The van der Waals surface area contributed by atoms with Gasteiger partial charge in [-0.15, -0.1) is 0 Å². The van der Waals surface area contributed by atoms with Gasteiger partial charge in [0.05, 0.1) is 12.4 Å². The third-order valence-electron chi connectivity index (χ3n) is 4.01. The van der Waals surface area contributed by atoms with Crippen LogP contribution >= 0.6 is 11.3 Å². The number of nitrogens with zero attached hydrogens (tertiary/aromatic N) is 3. The summed E-state index contributed by atoms with van der Waals surface area (Å²) in [5.74, 6) is 0. The van der Waals surface area contributed by atoms with E-state index in [1.165, 1.54) is 16.7 Å². The van der Waals surface area contributed by atoms with Crippen molar-refractivity contribution in [3.05, 3.63) is 64.5 Å². The summed E-state index contributed by atoms with van der Waals surface area (Å²) < 4.78 is 2.04. The van der Waals surface area contributed by atoms with Crippen LogP contribution in [0.5, 0.6) is 0 Å². The molecular weight excluding hydrogens is 278 g/mol. The summed E-state index contributed by atoms with van der Waals surface area (Å²) in [5.41, 5.74) is 5.22. The van der Waals surface area contributed by atoms with Crippen LogP contribution in [0.3, 0.4) is 0 Å². The Kier molecular flexibility index (Phi) is 3.33. The van der Waals surface area contributed by atoms with Gasteiger partial charge in [0.25, 0.3) is 0 Å². The summed E-state index contributed by atoms with van der Waals surface area (Å²) in [7, 11) is 0. The lowest BCUT2D eigenvalue weighted by Crippen LogP contribution is -2.32. The van der Waals surface area contributed by atoms with Crippen molar-refractivity contribution < 1.29 is 0 Å². The van der Waals surface area contributed by atoms with Crippen molar-refractivity contribution >= 4 is 11.3 Å². The van der Waals surface area contributed by atoms with Crippen molar-refractivity contribution in [3.63, 3.8) is 0 Å². The maximum absolute atomic E-state index is 4.68. The second kappa shape index (κ2) is 5.47. The Morgan fingerprint density at radius 1 is 1.10 bits per heavy atom. The van der Waals surface area contributed by atoms with E-state index in [1.54, 1.807) is 11.3 Å². The number of benzene rings is 1. The first-order valence-corrected chi connectivity index (χ1v) is 8.18. The van der Waals surface area contributed by atoms with Gasteiger partial charge in [0.2, 0.25) is 0 Å². The molecule has 1 aliphatic rings. The molecule has 0 fully saturated rings. The highest BCUT2D eigenvalue weighted by molar-refractivity contribution is 7.08. The minimum absolute atomic E-state index is 0.860. The van der Waals surface area contributed by atoms with Crippen LogP contribution in [0.1, 0.15) is 11.1 Å². The van der Waals surface area contributed by atoms with E-state index in [0.29, 0.717) is 0 Å². The zero-order valence-electron chi connectivity index (χ0n) is 11.8. The van der Waals surface area contributed by atoms with Crippen LogP contribution in [0.4, 0.5) is 0 Å². The molecule has 0 radical (unpaired) electrons. The van der Waals surface area contributed by atoms with Crippen LogP contribution in [0, 0.1) is 0 Å². The van der Waals surface area contributed by atoms with Gasteiger partial charge in [-0.2, -0.15) is 16.4 Å². The van der Waals surface area contributed by atoms with Gasteiger partial charge >= 0.3 is 0 Å². The topological polar surface area (TPSA) is 21.1 Å². The Morgan fingerprint density at radius 2 is 2.00 bits per heavy atom. The number of hydrogen-bond donors (Lipinski definition) is 0. The molecule has 0 bridgehead atoms. The van der Waals surface area contributed by atoms with Crippen molar-refractivity contribution in [1.29, 1.82) is 0 Å². The van der Waals surface area contributed by atoms with Crippen molar-refractivity contribution in [3.8, 4) is 11.3 Å². The van der Waals surface area contributed by atoms with Gasteiger partial charge in [0.15, 0.2) is 0 Å². The van der Waals surface area contributed by atoms with Gasteiger partial charge in [-0.05, 0) is 35.1 Å². The molecule has 21 heavy (non-hydrogen) atoms. The maximum Gasteiger partial charge on any atom is 0.0932 e. The quantitative estimate of drug-likeness (QED) is 0.736. The predicted molar refractivity (Wildman–Crippen MR) is 86.1 cm³/mol. The number of thiophene rings is 1. The summed E-state index contributed by atoms with van der Waals surface area (Å²) in [4.78, 5) is 2.45. The number of aromatic nitrogens is 2. The molecule has 0 unspecified atom stereocenters. The SMILES string of the molecule is c1ccc2c(c1)CCN(Cn1ccc(-c3ccsc3)n1)C2. The Bertz CT molecular complexity index is 730. The lowest BCUT2D eigenvalue weighted by molar-refractivity contribution is 0.190. The van der Waals surface area contributed by atoms with E-state index < -0.39 is 0 Å². The van der Waals surface area contributed by atoms with Gasteiger partial charge < -0.3 is 0 Å². The molecule has 0 N–H and O–H groups in total. The van der Waals surface area contributed by atoms with E-state index in [1.807, 2.05) is 4.68 Å². The van der Waals surface area contributed by atoms with Gasteiger partial charge in [-0.3, -0.25) is 9.58 Å². The van der Waals surface area contributed by atoms with E-state index in [9.17, 15) is 0 Å². The lowest BCUT2D eigenvalue weighted by Gasteiger charge is -2.28. The molecule has 2 aromatic heterocycles. The molecular formula is C17H17N3S. The molecule has 0 saturated heterocycles. The number of fused-ring (bicyclic) bond motifs is 1. The first-order valence-electron chi connectivity index (χ1n) is 7.24. The first kappa shape index (κ1) is 12.8. The third-order valence-corrected chi connectivity index (χ3v) is 4.70. The molecule has 3 aromatic rings. The zero-order chi connectivity index (χ0) is 14.1. The number of rotatable bonds is 3. The van der Waals surface area contributed by atoms with Crippen LogP contribution in [0.25, 0.3) is 11.3 Å². The van der Waals surface area contributed by atoms with Crippen molar-refractivity contribution in [2.45, 2.75) is 19.6 Å². The Labute approximate surface area is 128 Å². The van der Waals surface area contributed by atoms with E-state index in [2.05, 4.69) is 63.4 Å². The van der Waals surface area contributed by atoms with Crippen molar-refractivity contribution in [1.82, 2.24) is 14.7 Å². The summed E-state index contributed by atoms with van der Waals surface area (Å²) in [6, 6.07) is 13.0. The minimum atomic E-state index is 0.860. The molecule has 4 rings (SSSR count). The summed E-state index contributed by atoms with van der Waals surface area (Å²) in [6.07, 6.45) is 3.21. The lowest BCUT2D eigenvalue weighted by atomic mass is 10.0. The zero-order valence-corrected chi connectivity index (χ0v) is 12.6. The first-order chi connectivity index (χ1) is 10.4. The highest BCUT2D eigenvalue weighted by Crippen LogP contribution is 2.21. The fraction of sp³-hybridized carbons (Fsp3) is 0.235. The summed E-state index contributed by atoms with van der Waals surface area (Å²) in [5, 5.41) is 8.92. The van der Waals surface area contributed by atoms with Gasteiger partial charge in [-0.1, -0.05) is 24.3 Å². The second-order valence-electron chi connectivity index (χ2n) is 5.47. The van der Waals surface area contributed by atoms with E-state index in [-0.39, 0.29) is 0 Å². The summed E-state index contributed by atoms with van der Waals surface area (Å²) >= 11 is 1.71. The van der Waals surface area contributed by atoms with Crippen LogP contribution in [0.15, 0.2) is 53.4 Å². The molecule has 3 heterocycles. The monoisotopic (exact) mass is 295 g/mol. The smallest absolute Gasteiger partial charge is 0.0932 e. The molecule has 0 amide bonds. The van der Waals surface area contributed by atoms with Gasteiger partial charge in [-0.25, -0.2) is 0 Å². The van der Waals surface area contributed by atoms with Crippen LogP contribution < -0.4 is 0 Å². The molecule has 0 spiro atoms. The fourth-order valence-electron chi connectivity index (χ4n) is 2.88. The van der Waals surface area contributed by atoms with Crippen LogP contribution in [-0.4, -0.2) is 21.2 Å². The Balaban J connectivity index is 1.48. The van der Waals surface area contributed by atoms with Crippen molar-refractivity contribution in [2.75, 3.05) is 6.54 Å². The number of hydrogen-bond acceptors (Lipinski definition) is 3. The van der Waals surface area contributed by atoms with Crippen molar-refractivity contribution in [2.24, 2.45) is 0 Å². The molecule has 3 nitrogen and oxygen atoms in total. The van der Waals surface area contributed by atoms with Crippen LogP contribution in [-0.2, 0) is 19.6 Å². The van der Waals surface area contributed by atoms with Gasteiger partial charge in [0.1, 0.15) is 0 Å². The average Bonchev–Trinajstić information content (AvgIpc) is 3.18. The molecule has 1 aromatic carbocycles. The van der Waals surface area contributed by atoms with E-state index >= 15 is 0 Å². The van der Waals surface area contributed by atoms with E-state index in [0.717, 1.165) is 31.9 Å². The molecule has 106 valence electrons. The standard InChI is InChI=1S/C17H17N3S/c1-2-4-15-11-19(8-5-14(15)3-1)13-20-9-6-17(18-20)16-7-10-21-12-16/h1-4,6-7,9-10,12H,5,8,11,13H2. The Morgan fingerprint density at radius 3 is 2.86 bits per heavy atom. The van der Waals surface area contributed by atoms with Crippen LogP contribution in [0.2, 0.25) is 0 Å². The normalized spacial score (nSPS) is 15.0. The third kappa shape index (κ3) is 2.64. The molecule has 0 aliphatic carbocycles. The van der Waals surface area contributed by atoms with E-state index in [4.69, 9.17) is 0 Å². The minimum Gasteiger partial charge on any atom is -0.280 e. The second-order valence-corrected chi connectivity index (χ2v) is 6.25. The molecule has 1 aliphatic heterocycles. The predicted octanol–water partition coefficient (Wildman–Crippen LogP) is 3.63. The Hall–Kier alpha value is -1.91. The molecule has 4 heteroatoms. The van der Waals surface area contributed by atoms with Gasteiger partial charge in [0, 0.05) is 30.2 Å². The summed E-state index contributed by atoms with van der Waals surface area (Å²) in [6.45, 7) is 2.98. The molecule has 0 saturated carbocycles. The fourth-order valence-corrected chi connectivity index (χ4v) is 3.53.